The summed E-state index contributed by atoms with van der Waals surface area (Å²) in [4.78, 5) is 13.2. The van der Waals surface area contributed by atoms with Crippen molar-refractivity contribution in [3.8, 4) is 0 Å². The second-order valence-corrected chi connectivity index (χ2v) is 6.54. The molecule has 0 fully saturated rings. The first-order valence-electron chi connectivity index (χ1n) is 5.60. The van der Waals surface area contributed by atoms with Gasteiger partial charge in [-0.2, -0.15) is 0 Å². The largest absolute Gasteiger partial charge is 0.397 e. The van der Waals surface area contributed by atoms with Crippen molar-refractivity contribution in [2.24, 2.45) is 5.73 Å². The number of amides is 1. The maximum atomic E-state index is 11.2. The van der Waals surface area contributed by atoms with Crippen LogP contribution in [0.2, 0.25) is 0 Å². The van der Waals surface area contributed by atoms with E-state index in [1.807, 2.05) is 11.9 Å². The number of nitrogens with two attached hydrogens (primary N) is 2. The molecule has 19 heavy (non-hydrogen) atoms. The smallest absolute Gasteiger partial charge is 0.248 e. The number of carbonyl (C=O) groups is 1. The lowest BCUT2D eigenvalue weighted by Gasteiger charge is -2.21. The molecule has 1 aromatic carbocycles. The number of rotatable bonds is 4. The first kappa shape index (κ1) is 13.9. The Kier molecular flexibility index (Phi) is 4.11. The number of primary amides is 1. The Labute approximate surface area is 124 Å². The second-order valence-electron chi connectivity index (χ2n) is 4.25. The molecular weight excluding hydrogens is 326 g/mol. The molecule has 0 aliphatic heterocycles. The molecule has 2 rings (SSSR count). The summed E-state index contributed by atoms with van der Waals surface area (Å²) in [7, 11) is 1.93. The standard InChI is InChI=1S/C13H14BrN3OS/c1-17(6-8-4-12(14)19-7-8)11-5-9(13(16)18)2-3-10(11)15/h2-5,7H,6,15H2,1H3,(H2,16,18). The van der Waals surface area contributed by atoms with Crippen molar-refractivity contribution < 1.29 is 4.79 Å². The minimum Gasteiger partial charge on any atom is -0.397 e. The third-order valence-corrected chi connectivity index (χ3v) is 4.32. The van der Waals surface area contributed by atoms with Crippen molar-refractivity contribution in [3.63, 3.8) is 0 Å². The van der Waals surface area contributed by atoms with Gasteiger partial charge in [-0.3, -0.25) is 4.79 Å². The fourth-order valence-electron chi connectivity index (χ4n) is 1.82. The number of thiophene rings is 1. The third kappa shape index (κ3) is 3.27. The molecule has 1 aromatic heterocycles. The second kappa shape index (κ2) is 5.63. The van der Waals surface area contributed by atoms with E-state index in [0.717, 1.165) is 9.47 Å². The number of anilines is 2. The number of nitrogens with zero attached hydrogens (tertiary/aromatic N) is 1. The van der Waals surface area contributed by atoms with E-state index in [1.54, 1.807) is 29.5 Å². The number of hydrogen-bond acceptors (Lipinski definition) is 4. The van der Waals surface area contributed by atoms with Gasteiger partial charge >= 0.3 is 0 Å². The molecule has 1 amide bonds. The van der Waals surface area contributed by atoms with Crippen molar-refractivity contribution in [2.45, 2.75) is 6.54 Å². The summed E-state index contributed by atoms with van der Waals surface area (Å²) in [6.45, 7) is 0.717. The average molecular weight is 340 g/mol. The fourth-order valence-corrected chi connectivity index (χ4v) is 3.02. The number of hydrogen-bond donors (Lipinski definition) is 2. The van der Waals surface area contributed by atoms with Crippen LogP contribution in [0.5, 0.6) is 0 Å². The monoisotopic (exact) mass is 339 g/mol. The van der Waals surface area contributed by atoms with Crippen LogP contribution in [0.25, 0.3) is 0 Å². The fraction of sp³-hybridized carbons (Fsp3) is 0.154. The number of benzene rings is 1. The number of halogens is 1. The highest BCUT2D eigenvalue weighted by atomic mass is 79.9. The van der Waals surface area contributed by atoms with Crippen LogP contribution < -0.4 is 16.4 Å². The molecule has 0 atom stereocenters. The number of carbonyl (C=O) groups excluding carboxylic acids is 1. The molecule has 0 aliphatic carbocycles. The van der Waals surface area contributed by atoms with E-state index < -0.39 is 5.91 Å². The van der Waals surface area contributed by atoms with Crippen LogP contribution in [0.4, 0.5) is 11.4 Å². The Morgan fingerprint density at radius 2 is 2.16 bits per heavy atom. The van der Waals surface area contributed by atoms with Gasteiger partial charge in [-0.25, -0.2) is 0 Å². The van der Waals surface area contributed by atoms with E-state index in [9.17, 15) is 4.79 Å². The van der Waals surface area contributed by atoms with Crippen LogP contribution in [-0.2, 0) is 6.54 Å². The summed E-state index contributed by atoms with van der Waals surface area (Å²) < 4.78 is 1.09. The molecule has 0 spiro atoms. The van der Waals surface area contributed by atoms with Gasteiger partial charge in [0.2, 0.25) is 5.91 Å². The van der Waals surface area contributed by atoms with Crippen molar-refractivity contribution in [2.75, 3.05) is 17.7 Å². The predicted octanol–water partition coefficient (Wildman–Crippen LogP) is 2.83. The Morgan fingerprint density at radius 3 is 2.74 bits per heavy atom. The average Bonchev–Trinajstić information content (AvgIpc) is 2.74. The Bertz CT molecular complexity index is 612. The van der Waals surface area contributed by atoms with Crippen LogP contribution in [0.15, 0.2) is 33.4 Å². The molecule has 0 saturated heterocycles. The van der Waals surface area contributed by atoms with Gasteiger partial charge < -0.3 is 16.4 Å². The summed E-state index contributed by atoms with van der Waals surface area (Å²) in [5, 5.41) is 2.08. The van der Waals surface area contributed by atoms with Gasteiger partial charge in [-0.15, -0.1) is 11.3 Å². The SMILES string of the molecule is CN(Cc1csc(Br)c1)c1cc(C(N)=O)ccc1N. The molecule has 4 nitrogen and oxygen atoms in total. The van der Waals surface area contributed by atoms with Crippen LogP contribution in [-0.4, -0.2) is 13.0 Å². The normalized spacial score (nSPS) is 10.4. The van der Waals surface area contributed by atoms with Crippen molar-refractivity contribution >= 4 is 44.5 Å². The van der Waals surface area contributed by atoms with Crippen molar-refractivity contribution in [3.05, 3.63) is 44.6 Å². The maximum Gasteiger partial charge on any atom is 0.248 e. The molecule has 2 aromatic rings. The van der Waals surface area contributed by atoms with E-state index in [1.165, 1.54) is 5.56 Å². The lowest BCUT2D eigenvalue weighted by molar-refractivity contribution is 0.100. The molecule has 100 valence electrons. The van der Waals surface area contributed by atoms with Gasteiger partial charge in [-0.05, 0) is 51.1 Å². The Hall–Kier alpha value is -1.53. The highest BCUT2D eigenvalue weighted by molar-refractivity contribution is 9.11. The van der Waals surface area contributed by atoms with E-state index in [2.05, 4.69) is 27.4 Å². The van der Waals surface area contributed by atoms with E-state index in [-0.39, 0.29) is 0 Å². The summed E-state index contributed by atoms with van der Waals surface area (Å²) >= 11 is 5.08. The third-order valence-electron chi connectivity index (χ3n) is 2.77. The molecule has 0 saturated carbocycles. The summed E-state index contributed by atoms with van der Waals surface area (Å²) in [5.74, 6) is -0.451. The maximum absolute atomic E-state index is 11.2. The summed E-state index contributed by atoms with van der Waals surface area (Å²) in [6, 6.07) is 7.13. The highest BCUT2D eigenvalue weighted by Crippen LogP contribution is 2.27. The van der Waals surface area contributed by atoms with E-state index in [4.69, 9.17) is 11.5 Å². The minimum atomic E-state index is -0.451. The molecule has 4 N–H and O–H groups in total. The van der Waals surface area contributed by atoms with Gasteiger partial charge in [0, 0.05) is 19.2 Å². The molecular formula is C13H14BrN3OS. The zero-order valence-electron chi connectivity index (χ0n) is 10.4. The first-order valence-corrected chi connectivity index (χ1v) is 7.28. The topological polar surface area (TPSA) is 72.3 Å². The van der Waals surface area contributed by atoms with Crippen LogP contribution in [0.3, 0.4) is 0 Å². The molecule has 1 heterocycles. The molecule has 0 aliphatic rings. The molecule has 0 unspecified atom stereocenters. The van der Waals surface area contributed by atoms with Crippen LogP contribution >= 0.6 is 27.3 Å². The number of nitrogen functional groups attached to an aromatic ring is 1. The van der Waals surface area contributed by atoms with Gasteiger partial charge in [0.1, 0.15) is 0 Å². The zero-order chi connectivity index (χ0) is 14.0. The summed E-state index contributed by atoms with van der Waals surface area (Å²) in [6.07, 6.45) is 0. The molecule has 0 radical (unpaired) electrons. The Morgan fingerprint density at radius 1 is 1.42 bits per heavy atom. The quantitative estimate of drug-likeness (QED) is 0.841. The predicted molar refractivity (Wildman–Crippen MR) is 83.5 cm³/mol. The van der Waals surface area contributed by atoms with Gasteiger partial charge in [0.15, 0.2) is 0 Å². The van der Waals surface area contributed by atoms with Crippen molar-refractivity contribution in [1.29, 1.82) is 0 Å². The van der Waals surface area contributed by atoms with Gasteiger partial charge in [0.25, 0.3) is 0 Å². The lowest BCUT2D eigenvalue weighted by Crippen LogP contribution is -2.19. The molecule has 0 bridgehead atoms. The van der Waals surface area contributed by atoms with Gasteiger partial charge in [0.05, 0.1) is 15.2 Å². The Balaban J connectivity index is 2.25. The van der Waals surface area contributed by atoms with E-state index in [0.29, 0.717) is 17.8 Å². The minimum absolute atomic E-state index is 0.451. The zero-order valence-corrected chi connectivity index (χ0v) is 12.8. The van der Waals surface area contributed by atoms with Gasteiger partial charge in [-0.1, -0.05) is 0 Å². The summed E-state index contributed by atoms with van der Waals surface area (Å²) in [5.41, 5.74) is 14.3. The van der Waals surface area contributed by atoms with E-state index >= 15 is 0 Å². The molecule has 6 heteroatoms. The first-order chi connectivity index (χ1) is 8.97. The van der Waals surface area contributed by atoms with Crippen molar-refractivity contribution in [1.82, 2.24) is 0 Å². The highest BCUT2D eigenvalue weighted by Gasteiger charge is 2.10. The van der Waals surface area contributed by atoms with Crippen LogP contribution in [0, 0.1) is 0 Å². The lowest BCUT2D eigenvalue weighted by atomic mass is 10.1. The van der Waals surface area contributed by atoms with Crippen LogP contribution in [0.1, 0.15) is 15.9 Å².